The number of nitrogens with zero attached hydrogens (tertiary/aromatic N) is 2. The van der Waals surface area contributed by atoms with Crippen LogP contribution in [0.5, 0.6) is 5.75 Å². The maximum absolute atomic E-state index is 13.3. The SMILES string of the molecule is COc1ccccc1C(CNC(=O)c1ccc(S(=O)(=O)N2CCCc3ccccc32)cc1)N(C)C. The molecule has 184 valence electrons. The van der Waals surface area contributed by atoms with E-state index >= 15 is 0 Å². The Hall–Kier alpha value is -3.36. The van der Waals surface area contributed by atoms with Gasteiger partial charge in [0.15, 0.2) is 0 Å². The van der Waals surface area contributed by atoms with Crippen molar-refractivity contribution in [3.8, 4) is 5.75 Å². The van der Waals surface area contributed by atoms with Gasteiger partial charge in [-0.3, -0.25) is 9.10 Å². The predicted molar refractivity (Wildman–Crippen MR) is 137 cm³/mol. The number of methoxy groups -OCH3 is 1. The molecule has 1 unspecified atom stereocenters. The van der Waals surface area contributed by atoms with Crippen molar-refractivity contribution in [3.63, 3.8) is 0 Å². The molecule has 0 saturated heterocycles. The van der Waals surface area contributed by atoms with Crippen molar-refractivity contribution < 1.29 is 17.9 Å². The first-order valence-electron chi connectivity index (χ1n) is 11.6. The fourth-order valence-electron chi connectivity index (χ4n) is 4.46. The molecular weight excluding hydrogens is 462 g/mol. The van der Waals surface area contributed by atoms with Gasteiger partial charge in [0.1, 0.15) is 5.75 Å². The summed E-state index contributed by atoms with van der Waals surface area (Å²) in [5.41, 5.74) is 3.14. The van der Waals surface area contributed by atoms with Crippen LogP contribution in [0.25, 0.3) is 0 Å². The van der Waals surface area contributed by atoms with E-state index in [0.717, 1.165) is 35.4 Å². The van der Waals surface area contributed by atoms with Crippen LogP contribution in [-0.2, 0) is 16.4 Å². The highest BCUT2D eigenvalue weighted by molar-refractivity contribution is 7.92. The van der Waals surface area contributed by atoms with E-state index in [9.17, 15) is 13.2 Å². The summed E-state index contributed by atoms with van der Waals surface area (Å²) in [7, 11) is 1.80. The number of aryl methyl sites for hydroxylation is 1. The Morgan fingerprint density at radius 2 is 1.71 bits per heavy atom. The highest BCUT2D eigenvalue weighted by atomic mass is 32.2. The summed E-state index contributed by atoms with van der Waals surface area (Å²) in [6.07, 6.45) is 1.64. The zero-order valence-corrected chi connectivity index (χ0v) is 21.1. The monoisotopic (exact) mass is 493 g/mol. The number of amides is 1. The van der Waals surface area contributed by atoms with E-state index in [2.05, 4.69) is 5.32 Å². The minimum Gasteiger partial charge on any atom is -0.496 e. The molecule has 1 aliphatic heterocycles. The van der Waals surface area contributed by atoms with Gasteiger partial charge in [-0.05, 0) is 68.9 Å². The number of carbonyl (C=O) groups excluding carboxylic acids is 1. The summed E-state index contributed by atoms with van der Waals surface area (Å²) in [4.78, 5) is 15.1. The first-order chi connectivity index (χ1) is 16.8. The molecule has 7 nitrogen and oxygen atoms in total. The number of benzene rings is 3. The number of fused-ring (bicyclic) bond motifs is 1. The van der Waals surface area contributed by atoms with Crippen LogP contribution in [0.3, 0.4) is 0 Å². The van der Waals surface area contributed by atoms with Crippen LogP contribution in [0, 0.1) is 0 Å². The maximum atomic E-state index is 13.3. The number of para-hydroxylation sites is 2. The van der Waals surface area contributed by atoms with Crippen molar-refractivity contribution in [2.75, 3.05) is 38.6 Å². The van der Waals surface area contributed by atoms with Gasteiger partial charge < -0.3 is 15.0 Å². The summed E-state index contributed by atoms with van der Waals surface area (Å²) in [6.45, 7) is 0.813. The first kappa shape index (κ1) is 24.8. The van der Waals surface area contributed by atoms with Crippen molar-refractivity contribution in [1.82, 2.24) is 10.2 Å². The van der Waals surface area contributed by atoms with Crippen LogP contribution < -0.4 is 14.4 Å². The predicted octanol–water partition coefficient (Wildman–Crippen LogP) is 3.87. The van der Waals surface area contributed by atoms with E-state index < -0.39 is 10.0 Å². The van der Waals surface area contributed by atoms with E-state index in [-0.39, 0.29) is 16.8 Å². The van der Waals surface area contributed by atoms with Crippen molar-refractivity contribution in [2.24, 2.45) is 0 Å². The third-order valence-electron chi connectivity index (χ3n) is 6.35. The zero-order chi connectivity index (χ0) is 25.0. The minimum atomic E-state index is -3.72. The van der Waals surface area contributed by atoms with E-state index in [4.69, 9.17) is 4.74 Å². The highest BCUT2D eigenvalue weighted by Crippen LogP contribution is 2.32. The fraction of sp³-hybridized carbons (Fsp3) is 0.296. The number of sulfonamides is 1. The van der Waals surface area contributed by atoms with Crippen LogP contribution in [0.4, 0.5) is 5.69 Å². The number of hydrogen-bond acceptors (Lipinski definition) is 5. The molecule has 1 aliphatic rings. The summed E-state index contributed by atoms with van der Waals surface area (Å²) in [6, 6.07) is 21.4. The Morgan fingerprint density at radius 3 is 2.43 bits per heavy atom. The van der Waals surface area contributed by atoms with Gasteiger partial charge in [0, 0.05) is 24.2 Å². The van der Waals surface area contributed by atoms with Crippen LogP contribution >= 0.6 is 0 Å². The summed E-state index contributed by atoms with van der Waals surface area (Å²) < 4.78 is 33.6. The highest BCUT2D eigenvalue weighted by Gasteiger charge is 2.29. The molecule has 8 heteroatoms. The van der Waals surface area contributed by atoms with Gasteiger partial charge in [-0.2, -0.15) is 0 Å². The van der Waals surface area contributed by atoms with E-state index in [1.54, 1.807) is 19.2 Å². The Kier molecular flexibility index (Phi) is 7.42. The largest absolute Gasteiger partial charge is 0.496 e. The van der Waals surface area contributed by atoms with Crippen molar-refractivity contribution in [2.45, 2.75) is 23.8 Å². The number of carbonyl (C=O) groups is 1. The van der Waals surface area contributed by atoms with Crippen LogP contribution in [0.1, 0.15) is 33.9 Å². The lowest BCUT2D eigenvalue weighted by Gasteiger charge is -2.30. The molecule has 1 amide bonds. The Balaban J connectivity index is 1.48. The topological polar surface area (TPSA) is 78.9 Å². The molecule has 1 heterocycles. The minimum absolute atomic E-state index is 0.0890. The lowest BCUT2D eigenvalue weighted by Crippen LogP contribution is -2.35. The molecule has 1 atom stereocenters. The van der Waals surface area contributed by atoms with E-state index in [1.807, 2.05) is 67.5 Å². The third-order valence-corrected chi connectivity index (χ3v) is 8.18. The second-order valence-electron chi connectivity index (χ2n) is 8.77. The third kappa shape index (κ3) is 5.18. The molecule has 1 N–H and O–H groups in total. The van der Waals surface area contributed by atoms with Gasteiger partial charge in [-0.25, -0.2) is 8.42 Å². The van der Waals surface area contributed by atoms with Gasteiger partial charge in [-0.1, -0.05) is 36.4 Å². The number of likely N-dealkylation sites (N-methyl/N-ethyl adjacent to an activating group) is 1. The number of anilines is 1. The lowest BCUT2D eigenvalue weighted by molar-refractivity contribution is 0.0941. The molecule has 3 aromatic carbocycles. The van der Waals surface area contributed by atoms with Crippen LogP contribution in [0.15, 0.2) is 77.7 Å². The maximum Gasteiger partial charge on any atom is 0.264 e. The van der Waals surface area contributed by atoms with Crippen molar-refractivity contribution in [1.29, 1.82) is 0 Å². The number of nitrogens with one attached hydrogen (secondary N) is 1. The van der Waals surface area contributed by atoms with Crippen molar-refractivity contribution in [3.05, 3.63) is 89.5 Å². The molecule has 0 saturated carbocycles. The fourth-order valence-corrected chi connectivity index (χ4v) is 6.00. The molecule has 4 rings (SSSR count). The average Bonchev–Trinajstić information content (AvgIpc) is 2.88. The van der Waals surface area contributed by atoms with E-state index in [1.165, 1.54) is 16.4 Å². The number of rotatable bonds is 8. The van der Waals surface area contributed by atoms with Crippen molar-refractivity contribution >= 4 is 21.6 Å². The second-order valence-corrected chi connectivity index (χ2v) is 10.6. The Labute approximate surface area is 207 Å². The number of hydrogen-bond donors (Lipinski definition) is 1. The van der Waals surface area contributed by atoms with Gasteiger partial charge in [-0.15, -0.1) is 0 Å². The molecule has 0 aromatic heterocycles. The first-order valence-corrected chi connectivity index (χ1v) is 13.0. The normalized spacial score (nSPS) is 14.3. The van der Waals surface area contributed by atoms with Gasteiger partial charge in [0.2, 0.25) is 0 Å². The lowest BCUT2D eigenvalue weighted by atomic mass is 10.0. The van der Waals surface area contributed by atoms with Gasteiger partial charge in [0.05, 0.1) is 23.7 Å². The second kappa shape index (κ2) is 10.5. The van der Waals surface area contributed by atoms with E-state index in [0.29, 0.717) is 18.7 Å². The molecule has 35 heavy (non-hydrogen) atoms. The molecule has 0 aliphatic carbocycles. The standard InChI is InChI=1S/C27H31N3O4S/c1-29(2)25(23-11-5-7-13-26(23)34-3)19-28-27(31)21-14-16-22(17-15-21)35(32,33)30-18-8-10-20-9-4-6-12-24(20)30/h4-7,9,11-17,25H,8,10,18-19H2,1-3H3,(H,28,31). The summed E-state index contributed by atoms with van der Waals surface area (Å²) in [5.74, 6) is 0.494. The molecule has 3 aromatic rings. The van der Waals surface area contributed by atoms with Gasteiger partial charge >= 0.3 is 0 Å². The quantitative estimate of drug-likeness (QED) is 0.515. The molecular formula is C27H31N3O4S. The average molecular weight is 494 g/mol. The summed E-state index contributed by atoms with van der Waals surface area (Å²) in [5, 5.41) is 2.97. The zero-order valence-electron chi connectivity index (χ0n) is 20.3. The van der Waals surface area contributed by atoms with Crippen LogP contribution in [-0.4, -0.2) is 53.5 Å². The molecule has 0 radical (unpaired) electrons. The Morgan fingerprint density at radius 1 is 1.03 bits per heavy atom. The summed E-state index contributed by atoms with van der Waals surface area (Å²) >= 11 is 0. The smallest absolute Gasteiger partial charge is 0.264 e. The molecule has 0 fully saturated rings. The van der Waals surface area contributed by atoms with Crippen LogP contribution in [0.2, 0.25) is 0 Å². The Bertz CT molecular complexity index is 1290. The molecule has 0 bridgehead atoms. The molecule has 0 spiro atoms. The number of ether oxygens (including phenoxy) is 1. The van der Waals surface area contributed by atoms with Gasteiger partial charge in [0.25, 0.3) is 15.9 Å².